The lowest BCUT2D eigenvalue weighted by molar-refractivity contribution is -0.169. The summed E-state index contributed by atoms with van der Waals surface area (Å²) in [5, 5.41) is 10.00. The minimum absolute atomic E-state index is 0.0328. The van der Waals surface area contributed by atoms with Gasteiger partial charge in [0.05, 0.1) is 25.2 Å². The van der Waals surface area contributed by atoms with Crippen molar-refractivity contribution in [3.05, 3.63) is 71.0 Å². The minimum Gasteiger partial charge on any atom is -0.394 e. The molecule has 3 atom stereocenters. The summed E-state index contributed by atoms with van der Waals surface area (Å²) in [6, 6.07) is 13.4. The summed E-state index contributed by atoms with van der Waals surface area (Å²) in [5.74, 6) is 5.47. The van der Waals surface area contributed by atoms with E-state index in [1.165, 1.54) is 12.1 Å². The second kappa shape index (κ2) is 9.57. The first-order valence-corrected chi connectivity index (χ1v) is 11.7. The fourth-order valence-electron chi connectivity index (χ4n) is 5.37. The molecule has 0 aliphatic carbocycles. The molecule has 2 aromatic carbocycles. The number of benzene rings is 2. The smallest absolute Gasteiger partial charge is 0.242 e. The van der Waals surface area contributed by atoms with Gasteiger partial charge in [-0.05, 0) is 48.7 Å². The van der Waals surface area contributed by atoms with Crippen molar-refractivity contribution in [3.63, 3.8) is 0 Å². The summed E-state index contributed by atoms with van der Waals surface area (Å²) >= 11 is 0. The minimum atomic E-state index is -0.321. The summed E-state index contributed by atoms with van der Waals surface area (Å²) < 4.78 is 18.7. The first kappa shape index (κ1) is 22.6. The number of aliphatic hydroxyl groups excluding tert-OH is 1. The van der Waals surface area contributed by atoms with Gasteiger partial charge in [0.25, 0.3) is 0 Å². The first-order valence-electron chi connectivity index (χ1n) is 11.7. The third kappa shape index (κ3) is 4.31. The van der Waals surface area contributed by atoms with Crippen LogP contribution in [0, 0.1) is 23.6 Å². The predicted octanol–water partition coefficient (Wildman–Crippen LogP) is 2.15. The van der Waals surface area contributed by atoms with Crippen LogP contribution in [0.15, 0.2) is 48.5 Å². The van der Waals surface area contributed by atoms with Gasteiger partial charge in [0.2, 0.25) is 11.8 Å². The van der Waals surface area contributed by atoms with Crippen molar-refractivity contribution >= 4 is 11.8 Å². The van der Waals surface area contributed by atoms with Crippen LogP contribution >= 0.6 is 0 Å². The van der Waals surface area contributed by atoms with Crippen LogP contribution in [-0.2, 0) is 14.3 Å². The van der Waals surface area contributed by atoms with Gasteiger partial charge in [-0.1, -0.05) is 30.0 Å². The molecular weight excluding hydrogens is 435 g/mol. The Labute approximate surface area is 198 Å². The standard InChI is InChI=1S/C27H27FN2O4/c28-22-3-1-2-19(14-22)5-4-18-6-8-20(9-7-18)26-23-15-29(16-25(32)30(23)24(26)17-31)27(33)21-10-12-34-13-11-21/h1-3,6-9,14,21,23-24,26,31H,10-13,15-17H2/t23-,24-,26+/m0/s1. The van der Waals surface area contributed by atoms with Crippen LogP contribution in [0.1, 0.15) is 35.4 Å². The molecule has 2 aromatic rings. The van der Waals surface area contributed by atoms with Crippen molar-refractivity contribution in [2.45, 2.75) is 30.8 Å². The third-order valence-electron chi connectivity index (χ3n) is 7.11. The average molecular weight is 463 g/mol. The maximum absolute atomic E-state index is 13.4. The molecule has 0 saturated carbocycles. The Morgan fingerprint density at radius 3 is 2.53 bits per heavy atom. The molecule has 176 valence electrons. The Hall–Kier alpha value is -3.21. The van der Waals surface area contributed by atoms with Crippen LogP contribution in [0.2, 0.25) is 0 Å². The van der Waals surface area contributed by atoms with Gasteiger partial charge >= 0.3 is 0 Å². The van der Waals surface area contributed by atoms with E-state index in [0.29, 0.717) is 38.2 Å². The number of fused-ring (bicyclic) bond motifs is 1. The van der Waals surface area contributed by atoms with E-state index in [4.69, 9.17) is 4.74 Å². The molecule has 6 nitrogen and oxygen atoms in total. The Bertz CT molecular complexity index is 1130. The zero-order chi connectivity index (χ0) is 23.7. The van der Waals surface area contributed by atoms with Crippen LogP contribution in [-0.4, -0.2) is 71.7 Å². The van der Waals surface area contributed by atoms with Crippen LogP contribution in [0.3, 0.4) is 0 Å². The molecule has 3 fully saturated rings. The summed E-state index contributed by atoms with van der Waals surface area (Å²) in [6.45, 7) is 1.59. The topological polar surface area (TPSA) is 70.1 Å². The molecule has 0 bridgehead atoms. The lowest BCUT2D eigenvalue weighted by Crippen LogP contribution is -2.73. The largest absolute Gasteiger partial charge is 0.394 e. The number of amides is 2. The Balaban J connectivity index is 1.32. The van der Waals surface area contributed by atoms with Crippen molar-refractivity contribution in [1.82, 2.24) is 9.80 Å². The monoisotopic (exact) mass is 462 g/mol. The van der Waals surface area contributed by atoms with E-state index in [1.807, 2.05) is 24.3 Å². The molecule has 1 N–H and O–H groups in total. The molecule has 3 aliphatic rings. The van der Waals surface area contributed by atoms with E-state index >= 15 is 0 Å². The predicted molar refractivity (Wildman–Crippen MR) is 123 cm³/mol. The molecule has 5 rings (SSSR count). The van der Waals surface area contributed by atoms with Crippen LogP contribution < -0.4 is 0 Å². The fraction of sp³-hybridized carbons (Fsp3) is 0.407. The molecule has 2 amide bonds. The van der Waals surface area contributed by atoms with E-state index < -0.39 is 0 Å². The van der Waals surface area contributed by atoms with Gasteiger partial charge in [-0.2, -0.15) is 0 Å². The Morgan fingerprint density at radius 1 is 1.09 bits per heavy atom. The van der Waals surface area contributed by atoms with Crippen LogP contribution in [0.25, 0.3) is 0 Å². The van der Waals surface area contributed by atoms with E-state index in [0.717, 1.165) is 11.1 Å². The lowest BCUT2D eigenvalue weighted by atomic mass is 9.73. The van der Waals surface area contributed by atoms with Gasteiger partial charge in [0.15, 0.2) is 0 Å². The van der Waals surface area contributed by atoms with Crippen molar-refractivity contribution in [2.75, 3.05) is 32.9 Å². The summed E-state index contributed by atoms with van der Waals surface area (Å²) in [4.78, 5) is 29.3. The van der Waals surface area contributed by atoms with Gasteiger partial charge in [-0.3, -0.25) is 9.59 Å². The Kier molecular flexibility index (Phi) is 6.36. The molecule has 34 heavy (non-hydrogen) atoms. The molecule has 3 heterocycles. The van der Waals surface area contributed by atoms with E-state index in [2.05, 4.69) is 11.8 Å². The number of hydrogen-bond acceptors (Lipinski definition) is 4. The van der Waals surface area contributed by atoms with E-state index in [-0.39, 0.29) is 54.7 Å². The zero-order valence-corrected chi connectivity index (χ0v) is 18.8. The summed E-state index contributed by atoms with van der Waals surface area (Å²) in [6.07, 6.45) is 1.39. The van der Waals surface area contributed by atoms with Crippen molar-refractivity contribution in [3.8, 4) is 11.8 Å². The molecule has 3 aliphatic heterocycles. The zero-order valence-electron chi connectivity index (χ0n) is 18.8. The highest BCUT2D eigenvalue weighted by atomic mass is 19.1. The van der Waals surface area contributed by atoms with Crippen LogP contribution in [0.5, 0.6) is 0 Å². The van der Waals surface area contributed by atoms with Crippen molar-refractivity contribution in [1.29, 1.82) is 0 Å². The number of carbonyl (C=O) groups is 2. The van der Waals surface area contributed by atoms with Gasteiger partial charge in [-0.25, -0.2) is 4.39 Å². The number of rotatable bonds is 3. The summed E-state index contributed by atoms with van der Waals surface area (Å²) in [5.41, 5.74) is 2.40. The molecular formula is C27H27FN2O4. The number of ether oxygens (including phenoxy) is 1. The molecule has 7 heteroatoms. The van der Waals surface area contributed by atoms with Crippen molar-refractivity contribution < 1.29 is 23.8 Å². The maximum atomic E-state index is 13.4. The highest BCUT2D eigenvalue weighted by Gasteiger charge is 2.54. The van der Waals surface area contributed by atoms with E-state index in [1.54, 1.807) is 21.9 Å². The highest BCUT2D eigenvalue weighted by Crippen LogP contribution is 2.43. The average Bonchev–Trinajstić information content (AvgIpc) is 2.85. The molecule has 3 saturated heterocycles. The number of halogens is 1. The van der Waals surface area contributed by atoms with Crippen molar-refractivity contribution in [2.24, 2.45) is 5.92 Å². The van der Waals surface area contributed by atoms with Crippen LogP contribution in [0.4, 0.5) is 4.39 Å². The molecule has 0 radical (unpaired) electrons. The number of carbonyl (C=O) groups excluding carboxylic acids is 2. The number of aliphatic hydroxyl groups is 1. The van der Waals surface area contributed by atoms with Gasteiger partial charge in [0, 0.05) is 42.7 Å². The molecule has 0 unspecified atom stereocenters. The normalized spacial score (nSPS) is 24.6. The molecule has 0 spiro atoms. The lowest BCUT2D eigenvalue weighted by Gasteiger charge is -2.59. The van der Waals surface area contributed by atoms with E-state index in [9.17, 15) is 19.1 Å². The number of nitrogens with zero attached hydrogens (tertiary/aromatic N) is 2. The fourth-order valence-corrected chi connectivity index (χ4v) is 5.37. The quantitative estimate of drug-likeness (QED) is 0.710. The molecule has 0 aromatic heterocycles. The maximum Gasteiger partial charge on any atom is 0.242 e. The van der Waals surface area contributed by atoms with Gasteiger partial charge in [-0.15, -0.1) is 0 Å². The van der Waals surface area contributed by atoms with Gasteiger partial charge in [0.1, 0.15) is 5.82 Å². The number of hydrogen-bond donors (Lipinski definition) is 1. The van der Waals surface area contributed by atoms with Gasteiger partial charge < -0.3 is 19.6 Å². The third-order valence-corrected chi connectivity index (χ3v) is 7.11. The second-order valence-electron chi connectivity index (χ2n) is 9.13. The second-order valence-corrected chi connectivity index (χ2v) is 9.13. The highest BCUT2D eigenvalue weighted by molar-refractivity contribution is 5.88. The Morgan fingerprint density at radius 2 is 1.82 bits per heavy atom. The summed E-state index contributed by atoms with van der Waals surface area (Å²) in [7, 11) is 0. The SMILES string of the molecule is O=C(C1CCOCC1)N1CC(=O)N2[C@@H](CO)[C@H](c3ccc(C#Cc4cccc(F)c4)cc3)[C@@H]2C1. The first-order chi connectivity index (χ1) is 16.5. The number of piperazine rings is 1.